The van der Waals surface area contributed by atoms with Crippen molar-refractivity contribution in [3.63, 3.8) is 0 Å². The zero-order valence-corrected chi connectivity index (χ0v) is 13.1. The summed E-state index contributed by atoms with van der Waals surface area (Å²) in [6.07, 6.45) is 0. The molecule has 4 nitrogen and oxygen atoms in total. The highest BCUT2D eigenvalue weighted by Crippen LogP contribution is 2.31. The number of carbonyl (C=O) groups is 1. The minimum absolute atomic E-state index is 0.161. The molecule has 0 fully saturated rings. The van der Waals surface area contributed by atoms with Crippen LogP contribution < -0.4 is 5.43 Å². The molecule has 7 heteroatoms. The van der Waals surface area contributed by atoms with E-state index in [0.717, 1.165) is 6.07 Å². The summed E-state index contributed by atoms with van der Waals surface area (Å²) in [7, 11) is 0. The van der Waals surface area contributed by atoms with Crippen LogP contribution in [0.25, 0.3) is 11.3 Å². The fourth-order valence-corrected chi connectivity index (χ4v) is 2.68. The normalized spacial score (nSPS) is 10.7. The number of aromatic carboxylic acids is 1. The SMILES string of the molecule is CCn1c(Cl)cc(=O)c(C(=O)O)c1-c1ccc(Cl)c(Cl)c1. The van der Waals surface area contributed by atoms with Crippen molar-refractivity contribution in [2.45, 2.75) is 13.5 Å². The van der Waals surface area contributed by atoms with Crippen LogP contribution in [0.2, 0.25) is 15.2 Å². The molecule has 0 radical (unpaired) electrons. The lowest BCUT2D eigenvalue weighted by molar-refractivity contribution is 0.0695. The molecule has 0 atom stereocenters. The summed E-state index contributed by atoms with van der Waals surface area (Å²) < 4.78 is 1.53. The van der Waals surface area contributed by atoms with Gasteiger partial charge in [-0.3, -0.25) is 4.79 Å². The van der Waals surface area contributed by atoms with Crippen LogP contribution in [0.3, 0.4) is 0 Å². The van der Waals surface area contributed by atoms with Gasteiger partial charge in [0.1, 0.15) is 10.7 Å². The first-order chi connectivity index (χ1) is 9.86. The van der Waals surface area contributed by atoms with E-state index in [1.165, 1.54) is 16.7 Å². The van der Waals surface area contributed by atoms with Gasteiger partial charge in [-0.05, 0) is 19.1 Å². The topological polar surface area (TPSA) is 59.3 Å². The van der Waals surface area contributed by atoms with E-state index in [-0.39, 0.29) is 21.4 Å². The minimum atomic E-state index is -1.32. The van der Waals surface area contributed by atoms with Crippen molar-refractivity contribution in [1.82, 2.24) is 4.57 Å². The van der Waals surface area contributed by atoms with Crippen LogP contribution in [0.4, 0.5) is 0 Å². The maximum absolute atomic E-state index is 12.0. The van der Waals surface area contributed by atoms with E-state index in [1.54, 1.807) is 13.0 Å². The van der Waals surface area contributed by atoms with Crippen molar-refractivity contribution in [3.05, 3.63) is 55.3 Å². The molecular weight excluding hydrogens is 337 g/mol. The third kappa shape index (κ3) is 2.93. The summed E-state index contributed by atoms with van der Waals surface area (Å²) in [5.74, 6) is -1.32. The number of benzene rings is 1. The van der Waals surface area contributed by atoms with Gasteiger partial charge >= 0.3 is 5.97 Å². The average molecular weight is 347 g/mol. The third-order valence-corrected chi connectivity index (χ3v) is 4.04. The minimum Gasteiger partial charge on any atom is -0.477 e. The summed E-state index contributed by atoms with van der Waals surface area (Å²) >= 11 is 17.9. The van der Waals surface area contributed by atoms with E-state index < -0.39 is 11.4 Å². The molecule has 1 aromatic heterocycles. The Morgan fingerprint density at radius 3 is 2.38 bits per heavy atom. The second-order valence-electron chi connectivity index (χ2n) is 4.23. The molecule has 2 aromatic rings. The van der Waals surface area contributed by atoms with E-state index in [9.17, 15) is 14.7 Å². The molecule has 1 N–H and O–H groups in total. The molecule has 110 valence electrons. The van der Waals surface area contributed by atoms with Crippen LogP contribution in [-0.2, 0) is 6.54 Å². The quantitative estimate of drug-likeness (QED) is 0.848. The Kier molecular flexibility index (Phi) is 4.61. The smallest absolute Gasteiger partial charge is 0.341 e. The second kappa shape index (κ2) is 6.10. The van der Waals surface area contributed by atoms with Crippen molar-refractivity contribution in [2.24, 2.45) is 0 Å². The molecule has 21 heavy (non-hydrogen) atoms. The zero-order chi connectivity index (χ0) is 15.7. The standard InChI is InChI=1S/C14H10Cl3NO3/c1-2-18-11(17)6-10(19)12(14(20)21)13(18)7-3-4-8(15)9(16)5-7/h3-6H,2H2,1H3,(H,20,21). The molecular formula is C14H10Cl3NO3. The Morgan fingerprint density at radius 1 is 1.19 bits per heavy atom. The molecule has 1 heterocycles. The predicted octanol–water partition coefficient (Wildman–Crippen LogP) is 4.19. The van der Waals surface area contributed by atoms with Crippen LogP contribution in [0, 0.1) is 0 Å². The molecule has 0 aliphatic heterocycles. The van der Waals surface area contributed by atoms with E-state index in [4.69, 9.17) is 34.8 Å². The molecule has 0 aliphatic rings. The third-order valence-electron chi connectivity index (χ3n) is 2.98. The van der Waals surface area contributed by atoms with Gasteiger partial charge in [-0.2, -0.15) is 0 Å². The van der Waals surface area contributed by atoms with Gasteiger partial charge in [-0.25, -0.2) is 4.79 Å². The number of hydrogen-bond donors (Lipinski definition) is 1. The van der Waals surface area contributed by atoms with Crippen molar-refractivity contribution >= 4 is 40.8 Å². The van der Waals surface area contributed by atoms with Crippen LogP contribution in [0.15, 0.2) is 29.1 Å². The largest absolute Gasteiger partial charge is 0.477 e. The lowest BCUT2D eigenvalue weighted by Crippen LogP contribution is -2.21. The number of halogens is 3. The Bertz CT molecular complexity index is 784. The number of rotatable bonds is 3. The fourth-order valence-electron chi connectivity index (χ4n) is 2.08. The fraction of sp³-hybridized carbons (Fsp3) is 0.143. The number of carboxylic acid groups (broad SMARTS) is 1. The Labute approximate surface area is 135 Å². The van der Waals surface area contributed by atoms with Crippen molar-refractivity contribution in [2.75, 3.05) is 0 Å². The summed E-state index contributed by atoms with van der Waals surface area (Å²) in [4.78, 5) is 23.4. The zero-order valence-electron chi connectivity index (χ0n) is 10.9. The van der Waals surface area contributed by atoms with Gasteiger partial charge in [-0.15, -0.1) is 0 Å². The second-order valence-corrected chi connectivity index (χ2v) is 5.43. The first kappa shape index (κ1) is 15.9. The summed E-state index contributed by atoms with van der Waals surface area (Å²) in [5.41, 5.74) is -0.331. The lowest BCUT2D eigenvalue weighted by Gasteiger charge is -2.16. The van der Waals surface area contributed by atoms with Crippen LogP contribution >= 0.6 is 34.8 Å². The summed E-state index contributed by atoms with van der Waals surface area (Å²) in [5, 5.41) is 10.1. The van der Waals surface area contributed by atoms with Gasteiger partial charge in [0.05, 0.1) is 15.7 Å². The number of carboxylic acids is 1. The maximum Gasteiger partial charge on any atom is 0.341 e. The van der Waals surface area contributed by atoms with Crippen molar-refractivity contribution in [1.29, 1.82) is 0 Å². The highest BCUT2D eigenvalue weighted by Gasteiger charge is 2.21. The summed E-state index contributed by atoms with van der Waals surface area (Å²) in [6, 6.07) is 5.73. The first-order valence-electron chi connectivity index (χ1n) is 5.98. The highest BCUT2D eigenvalue weighted by atomic mass is 35.5. The number of pyridine rings is 1. The number of aromatic nitrogens is 1. The molecule has 0 unspecified atom stereocenters. The predicted molar refractivity (Wildman–Crippen MR) is 83.8 cm³/mol. The molecule has 2 rings (SSSR count). The van der Waals surface area contributed by atoms with Crippen molar-refractivity contribution in [3.8, 4) is 11.3 Å². The van der Waals surface area contributed by atoms with Crippen molar-refractivity contribution < 1.29 is 9.90 Å². The molecule has 0 bridgehead atoms. The Balaban J connectivity index is 2.90. The Hall–Kier alpha value is -1.49. The van der Waals surface area contributed by atoms with Crippen LogP contribution in [0.5, 0.6) is 0 Å². The van der Waals surface area contributed by atoms with E-state index >= 15 is 0 Å². The molecule has 0 spiro atoms. The lowest BCUT2D eigenvalue weighted by atomic mass is 10.0. The molecule has 0 aliphatic carbocycles. The molecule has 1 aromatic carbocycles. The average Bonchev–Trinajstić information content (AvgIpc) is 2.40. The molecule has 0 amide bonds. The number of nitrogens with zero attached hydrogens (tertiary/aromatic N) is 1. The van der Waals surface area contributed by atoms with E-state index in [2.05, 4.69) is 0 Å². The Morgan fingerprint density at radius 2 is 1.86 bits per heavy atom. The van der Waals surface area contributed by atoms with E-state index in [0.29, 0.717) is 17.1 Å². The summed E-state index contributed by atoms with van der Waals surface area (Å²) in [6.45, 7) is 2.19. The van der Waals surface area contributed by atoms with Crippen LogP contribution in [0.1, 0.15) is 17.3 Å². The number of hydrogen-bond acceptors (Lipinski definition) is 2. The monoisotopic (exact) mass is 345 g/mol. The van der Waals surface area contributed by atoms with Gasteiger partial charge in [0.2, 0.25) is 0 Å². The maximum atomic E-state index is 12.0. The van der Waals surface area contributed by atoms with E-state index in [1.807, 2.05) is 0 Å². The van der Waals surface area contributed by atoms with Gasteiger partial charge in [-0.1, -0.05) is 40.9 Å². The van der Waals surface area contributed by atoms with Gasteiger partial charge in [0.15, 0.2) is 5.43 Å². The molecule has 0 saturated heterocycles. The highest BCUT2D eigenvalue weighted by molar-refractivity contribution is 6.42. The molecule has 0 saturated carbocycles. The van der Waals surface area contributed by atoms with Gasteiger partial charge in [0, 0.05) is 18.2 Å². The first-order valence-corrected chi connectivity index (χ1v) is 7.12. The van der Waals surface area contributed by atoms with Gasteiger partial charge < -0.3 is 9.67 Å². The van der Waals surface area contributed by atoms with Gasteiger partial charge in [0.25, 0.3) is 0 Å². The van der Waals surface area contributed by atoms with Crippen LogP contribution in [-0.4, -0.2) is 15.6 Å².